The maximum absolute atomic E-state index is 5.07. The van der Waals surface area contributed by atoms with Crippen LogP contribution in [-0.2, 0) is 5.75 Å². The molecule has 0 amide bonds. The van der Waals surface area contributed by atoms with Crippen molar-refractivity contribution in [2.24, 2.45) is 4.99 Å². The molecule has 1 heterocycles. The van der Waals surface area contributed by atoms with Crippen LogP contribution in [0.5, 0.6) is 0 Å². The Morgan fingerprint density at radius 1 is 1.53 bits per heavy atom. The average Bonchev–Trinajstić information content (AvgIpc) is 2.50. The fourth-order valence-corrected chi connectivity index (χ4v) is 2.06. The average molecular weight is 250 g/mol. The zero-order valence-electron chi connectivity index (χ0n) is 9.33. The number of aryl methyl sites for hydroxylation is 2. The van der Waals surface area contributed by atoms with E-state index in [1.807, 2.05) is 20.9 Å². The molecule has 15 heavy (non-hydrogen) atoms. The monoisotopic (exact) mass is 249 g/mol. The molecule has 0 bridgehead atoms. The number of hydrogen-bond acceptors (Lipinski definition) is 4. The molecule has 0 aromatic carbocycles. The second-order valence-corrected chi connectivity index (χ2v) is 3.83. The van der Waals surface area contributed by atoms with E-state index in [4.69, 9.17) is 4.52 Å². The van der Waals surface area contributed by atoms with Crippen LogP contribution in [0.4, 0.5) is 0 Å². The maximum atomic E-state index is 5.07. The highest BCUT2D eigenvalue weighted by Gasteiger charge is 2.09. The SMILES string of the molecule is CN=C(NC)SCc1c(C)noc1C.Cl. The molecule has 0 aliphatic rings. The molecule has 0 aliphatic heterocycles. The summed E-state index contributed by atoms with van der Waals surface area (Å²) in [7, 11) is 3.63. The number of thioether (sulfide) groups is 1. The lowest BCUT2D eigenvalue weighted by Crippen LogP contribution is -2.14. The lowest BCUT2D eigenvalue weighted by atomic mass is 10.2. The second-order valence-electron chi connectivity index (χ2n) is 2.87. The van der Waals surface area contributed by atoms with Crippen molar-refractivity contribution in [2.45, 2.75) is 19.6 Å². The predicted molar refractivity (Wildman–Crippen MR) is 66.9 cm³/mol. The Balaban J connectivity index is 0.00000196. The summed E-state index contributed by atoms with van der Waals surface area (Å²) in [4.78, 5) is 4.08. The van der Waals surface area contributed by atoms with E-state index in [2.05, 4.69) is 15.5 Å². The first kappa shape index (κ1) is 14.3. The molecule has 86 valence electrons. The van der Waals surface area contributed by atoms with E-state index in [-0.39, 0.29) is 12.4 Å². The maximum Gasteiger partial charge on any atom is 0.156 e. The molecule has 1 aromatic rings. The molecular weight excluding hydrogens is 234 g/mol. The van der Waals surface area contributed by atoms with Crippen LogP contribution in [0.2, 0.25) is 0 Å². The van der Waals surface area contributed by atoms with Crippen LogP contribution in [0, 0.1) is 13.8 Å². The summed E-state index contributed by atoms with van der Waals surface area (Å²) >= 11 is 1.65. The minimum Gasteiger partial charge on any atom is -0.368 e. The zero-order valence-corrected chi connectivity index (χ0v) is 11.0. The molecule has 1 N–H and O–H groups in total. The molecule has 1 aromatic heterocycles. The van der Waals surface area contributed by atoms with Crippen LogP contribution in [-0.4, -0.2) is 24.4 Å². The summed E-state index contributed by atoms with van der Waals surface area (Å²) in [5.74, 6) is 1.73. The Morgan fingerprint density at radius 3 is 2.60 bits per heavy atom. The van der Waals surface area contributed by atoms with Gasteiger partial charge in [0.15, 0.2) is 5.17 Å². The van der Waals surface area contributed by atoms with Crippen LogP contribution < -0.4 is 5.32 Å². The van der Waals surface area contributed by atoms with Gasteiger partial charge >= 0.3 is 0 Å². The molecule has 0 saturated heterocycles. The lowest BCUT2D eigenvalue weighted by molar-refractivity contribution is 0.392. The highest BCUT2D eigenvalue weighted by molar-refractivity contribution is 8.13. The first-order valence-corrected chi connectivity index (χ1v) is 5.36. The fourth-order valence-electron chi connectivity index (χ4n) is 1.10. The van der Waals surface area contributed by atoms with Gasteiger partial charge in [0.05, 0.1) is 5.69 Å². The van der Waals surface area contributed by atoms with Crippen LogP contribution in [0.25, 0.3) is 0 Å². The molecular formula is C9H16ClN3OS. The van der Waals surface area contributed by atoms with Gasteiger partial charge in [-0.2, -0.15) is 0 Å². The van der Waals surface area contributed by atoms with Gasteiger partial charge in [0.25, 0.3) is 0 Å². The predicted octanol–water partition coefficient (Wildman–Crippen LogP) is 2.15. The topological polar surface area (TPSA) is 50.4 Å². The number of nitrogens with zero attached hydrogens (tertiary/aromatic N) is 2. The lowest BCUT2D eigenvalue weighted by Gasteiger charge is -2.03. The Labute approximate surface area is 100 Å². The number of hydrogen-bond donors (Lipinski definition) is 1. The number of amidine groups is 1. The second kappa shape index (κ2) is 6.74. The number of aliphatic imine (C=N–C) groups is 1. The van der Waals surface area contributed by atoms with Crippen molar-refractivity contribution in [1.29, 1.82) is 0 Å². The van der Waals surface area contributed by atoms with Crippen molar-refractivity contribution in [3.63, 3.8) is 0 Å². The molecule has 6 heteroatoms. The minimum absolute atomic E-state index is 0. The number of halogens is 1. The van der Waals surface area contributed by atoms with Crippen molar-refractivity contribution >= 4 is 29.3 Å². The van der Waals surface area contributed by atoms with Gasteiger partial charge in [-0.1, -0.05) is 16.9 Å². The number of rotatable bonds is 2. The summed E-state index contributed by atoms with van der Waals surface area (Å²) in [6, 6.07) is 0. The van der Waals surface area contributed by atoms with Crippen LogP contribution >= 0.6 is 24.2 Å². The first-order valence-electron chi connectivity index (χ1n) is 4.38. The van der Waals surface area contributed by atoms with Gasteiger partial charge in [0, 0.05) is 25.4 Å². The number of nitrogens with one attached hydrogen (secondary N) is 1. The highest BCUT2D eigenvalue weighted by atomic mass is 35.5. The van der Waals surface area contributed by atoms with Gasteiger partial charge in [0.1, 0.15) is 5.76 Å². The largest absolute Gasteiger partial charge is 0.368 e. The third kappa shape index (κ3) is 3.76. The Kier molecular flexibility index (Phi) is 6.43. The summed E-state index contributed by atoms with van der Waals surface area (Å²) in [5, 5.41) is 7.83. The third-order valence-corrected chi connectivity index (χ3v) is 3.04. The minimum atomic E-state index is 0. The van der Waals surface area contributed by atoms with E-state index >= 15 is 0 Å². The quantitative estimate of drug-likeness (QED) is 0.645. The standard InChI is InChI=1S/C9H15N3OS.ClH/c1-6-8(7(2)13-12-6)5-14-9(10-3)11-4;/h5H2,1-4H3,(H,10,11);1H. The molecule has 0 unspecified atom stereocenters. The van der Waals surface area contributed by atoms with Crippen LogP contribution in [0.3, 0.4) is 0 Å². The Morgan fingerprint density at radius 2 is 2.20 bits per heavy atom. The van der Waals surface area contributed by atoms with Gasteiger partial charge in [-0.25, -0.2) is 0 Å². The molecule has 0 saturated carbocycles. The first-order chi connectivity index (χ1) is 6.69. The van der Waals surface area contributed by atoms with Gasteiger partial charge in [-0.3, -0.25) is 4.99 Å². The van der Waals surface area contributed by atoms with Crippen molar-refractivity contribution in [3.05, 3.63) is 17.0 Å². The summed E-state index contributed by atoms with van der Waals surface area (Å²) in [6.45, 7) is 3.88. The van der Waals surface area contributed by atoms with Crippen LogP contribution in [0.15, 0.2) is 9.52 Å². The van der Waals surface area contributed by atoms with E-state index in [1.165, 1.54) is 0 Å². The highest BCUT2D eigenvalue weighted by Crippen LogP contribution is 2.19. The van der Waals surface area contributed by atoms with E-state index in [1.54, 1.807) is 18.8 Å². The summed E-state index contributed by atoms with van der Waals surface area (Å²) < 4.78 is 5.07. The number of aromatic nitrogens is 1. The van der Waals surface area contributed by atoms with E-state index in [9.17, 15) is 0 Å². The normalized spacial score (nSPS) is 11.1. The van der Waals surface area contributed by atoms with Crippen molar-refractivity contribution < 1.29 is 4.52 Å². The van der Waals surface area contributed by atoms with Gasteiger partial charge in [-0.05, 0) is 13.8 Å². The molecule has 0 spiro atoms. The van der Waals surface area contributed by atoms with Crippen LogP contribution in [0.1, 0.15) is 17.0 Å². The van der Waals surface area contributed by atoms with E-state index in [0.717, 1.165) is 27.9 Å². The van der Waals surface area contributed by atoms with E-state index in [0.29, 0.717) is 0 Å². The van der Waals surface area contributed by atoms with Crippen molar-refractivity contribution in [3.8, 4) is 0 Å². The molecule has 0 fully saturated rings. The van der Waals surface area contributed by atoms with Crippen molar-refractivity contribution in [1.82, 2.24) is 10.5 Å². The molecule has 1 rings (SSSR count). The fraction of sp³-hybridized carbons (Fsp3) is 0.556. The molecule has 0 aliphatic carbocycles. The molecule has 0 atom stereocenters. The van der Waals surface area contributed by atoms with Gasteiger partial charge in [-0.15, -0.1) is 12.4 Å². The van der Waals surface area contributed by atoms with Crippen molar-refractivity contribution in [2.75, 3.05) is 14.1 Å². The molecule has 0 radical (unpaired) electrons. The molecule has 4 nitrogen and oxygen atoms in total. The van der Waals surface area contributed by atoms with Gasteiger partial charge in [0.2, 0.25) is 0 Å². The van der Waals surface area contributed by atoms with E-state index < -0.39 is 0 Å². The summed E-state index contributed by atoms with van der Waals surface area (Å²) in [6.07, 6.45) is 0. The smallest absolute Gasteiger partial charge is 0.156 e. The summed E-state index contributed by atoms with van der Waals surface area (Å²) in [5.41, 5.74) is 2.12. The Bertz CT molecular complexity index is 319. The third-order valence-electron chi connectivity index (χ3n) is 1.95. The Hall–Kier alpha value is -0.680. The zero-order chi connectivity index (χ0) is 10.6. The van der Waals surface area contributed by atoms with Gasteiger partial charge < -0.3 is 9.84 Å².